The van der Waals surface area contributed by atoms with E-state index in [4.69, 9.17) is 0 Å². The fraction of sp³-hybridized carbons (Fsp3) is 0.200. The molecular weight excluding hydrogens is 252 g/mol. The summed E-state index contributed by atoms with van der Waals surface area (Å²) >= 11 is 0. The van der Waals surface area contributed by atoms with E-state index in [0.717, 1.165) is 0 Å². The predicted octanol–water partition coefficient (Wildman–Crippen LogP) is 0.853. The number of benzene rings is 1. The molecule has 0 aliphatic carbocycles. The van der Waals surface area contributed by atoms with Gasteiger partial charge in [-0.05, 0) is 23.4 Å². The maximum atomic E-state index is 12.0. The van der Waals surface area contributed by atoms with Crippen molar-refractivity contribution in [3.8, 4) is 0 Å². The molecule has 1 heterocycles. The average Bonchev–Trinajstić information content (AvgIpc) is 2.85. The Kier molecular flexibility index (Phi) is 3.46. The zero-order valence-corrected chi connectivity index (χ0v) is 9.98. The highest BCUT2D eigenvalue weighted by atomic mass is 16.6. The molecule has 0 fully saturated rings. The van der Waals surface area contributed by atoms with Crippen LogP contribution in [0, 0.1) is 10.1 Å². The first-order valence-electron chi connectivity index (χ1n) is 5.44. The maximum Gasteiger partial charge on any atom is 0.282 e. The van der Waals surface area contributed by atoms with E-state index < -0.39 is 10.8 Å². The quantitative estimate of drug-likeness (QED) is 0.645. The second-order valence-corrected chi connectivity index (χ2v) is 3.55. The van der Waals surface area contributed by atoms with Crippen LogP contribution in [0.15, 0.2) is 24.3 Å². The fourth-order valence-electron chi connectivity index (χ4n) is 1.50. The smallest absolute Gasteiger partial charge is 0.282 e. The Balaban J connectivity index is 2.28. The summed E-state index contributed by atoms with van der Waals surface area (Å²) in [5, 5.41) is 24.0. The molecule has 9 heteroatoms. The van der Waals surface area contributed by atoms with Crippen molar-refractivity contribution in [2.45, 2.75) is 13.5 Å². The van der Waals surface area contributed by atoms with Gasteiger partial charge >= 0.3 is 0 Å². The number of carbonyl (C=O) groups is 1. The summed E-state index contributed by atoms with van der Waals surface area (Å²) < 4.78 is 1.37. The lowest BCUT2D eigenvalue weighted by Gasteiger charge is -2.04. The van der Waals surface area contributed by atoms with Gasteiger partial charge in [0, 0.05) is 12.6 Å². The van der Waals surface area contributed by atoms with Gasteiger partial charge in [0.2, 0.25) is 5.95 Å². The Hall–Kier alpha value is -2.84. The highest BCUT2D eigenvalue weighted by molar-refractivity contribution is 6.06. The molecule has 0 saturated carbocycles. The number of para-hydroxylation sites is 1. The van der Waals surface area contributed by atoms with Crippen LogP contribution in [-0.4, -0.2) is 31.0 Å². The third kappa shape index (κ3) is 2.54. The zero-order valence-electron chi connectivity index (χ0n) is 9.98. The molecule has 98 valence electrons. The molecule has 1 amide bonds. The first kappa shape index (κ1) is 12.6. The van der Waals surface area contributed by atoms with E-state index in [0.29, 0.717) is 6.54 Å². The van der Waals surface area contributed by atoms with E-state index in [1.54, 1.807) is 13.0 Å². The molecule has 0 bridgehead atoms. The largest absolute Gasteiger partial charge is 0.289 e. The number of nitrogens with one attached hydrogen (secondary N) is 1. The number of tetrazole rings is 1. The zero-order chi connectivity index (χ0) is 13.8. The monoisotopic (exact) mass is 262 g/mol. The Morgan fingerprint density at radius 1 is 1.47 bits per heavy atom. The molecular formula is C10H10N6O3. The molecule has 1 aromatic carbocycles. The van der Waals surface area contributed by atoms with Crippen molar-refractivity contribution in [1.29, 1.82) is 0 Å². The number of nitro benzene ring substituents is 1. The number of rotatable bonds is 4. The van der Waals surface area contributed by atoms with Gasteiger partial charge in [0.05, 0.1) is 4.92 Å². The fourth-order valence-corrected chi connectivity index (χ4v) is 1.50. The summed E-state index contributed by atoms with van der Waals surface area (Å²) in [4.78, 5) is 22.2. The number of hydrogen-bond donors (Lipinski definition) is 1. The van der Waals surface area contributed by atoms with Crippen LogP contribution in [0.4, 0.5) is 11.6 Å². The number of aromatic nitrogens is 4. The Bertz CT molecular complexity index is 623. The van der Waals surface area contributed by atoms with Crippen molar-refractivity contribution >= 4 is 17.5 Å². The Labute approximate surface area is 107 Å². The third-order valence-electron chi connectivity index (χ3n) is 2.40. The minimum Gasteiger partial charge on any atom is -0.289 e. The predicted molar refractivity (Wildman–Crippen MR) is 64.5 cm³/mol. The molecule has 0 atom stereocenters. The van der Waals surface area contributed by atoms with Gasteiger partial charge in [0.1, 0.15) is 5.56 Å². The van der Waals surface area contributed by atoms with Gasteiger partial charge in [-0.15, -0.1) is 0 Å². The molecule has 19 heavy (non-hydrogen) atoms. The molecule has 9 nitrogen and oxygen atoms in total. The van der Waals surface area contributed by atoms with Crippen LogP contribution in [0.5, 0.6) is 0 Å². The van der Waals surface area contributed by atoms with Crippen LogP contribution >= 0.6 is 0 Å². The van der Waals surface area contributed by atoms with Gasteiger partial charge in [0.25, 0.3) is 11.6 Å². The van der Waals surface area contributed by atoms with Crippen molar-refractivity contribution in [2.24, 2.45) is 0 Å². The van der Waals surface area contributed by atoms with Gasteiger partial charge in [0.15, 0.2) is 0 Å². The normalized spacial score (nSPS) is 10.2. The topological polar surface area (TPSA) is 116 Å². The molecule has 1 N–H and O–H groups in total. The van der Waals surface area contributed by atoms with Crippen LogP contribution in [0.25, 0.3) is 0 Å². The average molecular weight is 262 g/mol. The lowest BCUT2D eigenvalue weighted by molar-refractivity contribution is -0.385. The summed E-state index contributed by atoms with van der Waals surface area (Å²) in [6.07, 6.45) is 0. The molecule has 0 aliphatic rings. The van der Waals surface area contributed by atoms with Gasteiger partial charge in [-0.25, -0.2) is 4.68 Å². The van der Waals surface area contributed by atoms with Crippen LogP contribution in [0.2, 0.25) is 0 Å². The SMILES string of the molecule is CCn1nnnc1NC(=O)c1ccccc1[N+](=O)[O-]. The second-order valence-electron chi connectivity index (χ2n) is 3.55. The molecule has 0 radical (unpaired) electrons. The number of amides is 1. The molecule has 0 aliphatic heterocycles. The molecule has 1 aromatic heterocycles. The summed E-state index contributed by atoms with van der Waals surface area (Å²) in [5.41, 5.74) is -0.311. The molecule has 0 spiro atoms. The summed E-state index contributed by atoms with van der Waals surface area (Å²) in [6.45, 7) is 2.27. The minimum atomic E-state index is -0.628. The van der Waals surface area contributed by atoms with Crippen molar-refractivity contribution in [1.82, 2.24) is 20.2 Å². The van der Waals surface area contributed by atoms with Gasteiger partial charge in [-0.1, -0.05) is 17.2 Å². The number of anilines is 1. The first-order chi connectivity index (χ1) is 9.13. The van der Waals surface area contributed by atoms with E-state index in [1.807, 2.05) is 0 Å². The minimum absolute atomic E-state index is 0.0434. The van der Waals surface area contributed by atoms with Gasteiger partial charge in [-0.2, -0.15) is 0 Å². The van der Waals surface area contributed by atoms with Gasteiger partial charge < -0.3 is 0 Å². The number of carbonyl (C=O) groups excluding carboxylic acids is 1. The third-order valence-corrected chi connectivity index (χ3v) is 2.40. The van der Waals surface area contributed by atoms with Crippen molar-refractivity contribution in [3.05, 3.63) is 39.9 Å². The number of nitrogens with zero attached hydrogens (tertiary/aromatic N) is 5. The first-order valence-corrected chi connectivity index (χ1v) is 5.44. The Morgan fingerprint density at radius 2 is 2.21 bits per heavy atom. The summed E-state index contributed by atoms with van der Waals surface area (Å²) in [7, 11) is 0. The standard InChI is InChI=1S/C10H10N6O3/c1-2-15-10(12-13-14-15)11-9(17)7-5-3-4-6-8(7)16(18)19/h3-6H,2H2,1H3,(H,11,12,14,17). The van der Waals surface area contributed by atoms with Gasteiger partial charge in [-0.3, -0.25) is 20.2 Å². The molecule has 0 unspecified atom stereocenters. The van der Waals surface area contributed by atoms with Crippen LogP contribution < -0.4 is 5.32 Å². The van der Waals surface area contributed by atoms with Crippen molar-refractivity contribution in [2.75, 3.05) is 5.32 Å². The van der Waals surface area contributed by atoms with Crippen LogP contribution in [0.1, 0.15) is 17.3 Å². The number of aryl methyl sites for hydroxylation is 1. The molecule has 2 aromatic rings. The highest BCUT2D eigenvalue weighted by Crippen LogP contribution is 2.18. The lowest BCUT2D eigenvalue weighted by atomic mass is 10.1. The van der Waals surface area contributed by atoms with E-state index in [1.165, 1.54) is 22.9 Å². The summed E-state index contributed by atoms with van der Waals surface area (Å²) in [6, 6.07) is 5.67. The van der Waals surface area contributed by atoms with Crippen LogP contribution in [0.3, 0.4) is 0 Å². The molecule has 2 rings (SSSR count). The maximum absolute atomic E-state index is 12.0. The van der Waals surface area contributed by atoms with Crippen LogP contribution in [-0.2, 0) is 6.54 Å². The van der Waals surface area contributed by atoms with E-state index in [9.17, 15) is 14.9 Å². The van der Waals surface area contributed by atoms with E-state index in [-0.39, 0.29) is 17.2 Å². The highest BCUT2D eigenvalue weighted by Gasteiger charge is 2.20. The number of nitro groups is 1. The van der Waals surface area contributed by atoms with E-state index >= 15 is 0 Å². The molecule has 0 saturated heterocycles. The lowest BCUT2D eigenvalue weighted by Crippen LogP contribution is -2.17. The number of hydrogen-bond acceptors (Lipinski definition) is 6. The van der Waals surface area contributed by atoms with Crippen molar-refractivity contribution in [3.63, 3.8) is 0 Å². The Morgan fingerprint density at radius 3 is 2.89 bits per heavy atom. The second kappa shape index (κ2) is 5.21. The van der Waals surface area contributed by atoms with E-state index in [2.05, 4.69) is 20.8 Å². The van der Waals surface area contributed by atoms with Crippen molar-refractivity contribution < 1.29 is 9.72 Å². The summed E-state index contributed by atoms with van der Waals surface area (Å²) in [5.74, 6) is -0.484.